The van der Waals surface area contributed by atoms with Gasteiger partial charge in [-0.1, -0.05) is 0 Å². The number of fused-ring (bicyclic) bond motifs is 1. The number of hydrogen-bond acceptors (Lipinski definition) is 8. The summed E-state index contributed by atoms with van der Waals surface area (Å²) < 4.78 is 91.8. The van der Waals surface area contributed by atoms with E-state index in [0.717, 1.165) is 4.57 Å². The minimum atomic E-state index is -4.79. The van der Waals surface area contributed by atoms with Crippen LogP contribution in [-0.4, -0.2) is 51.7 Å². The average molecular weight is 536 g/mol. The molecule has 1 aliphatic heterocycles. The molecule has 0 fully saturated rings. The van der Waals surface area contributed by atoms with Crippen molar-refractivity contribution in [3.8, 4) is 0 Å². The van der Waals surface area contributed by atoms with Crippen LogP contribution in [0.2, 0.25) is 0 Å². The zero-order valence-electron chi connectivity index (χ0n) is 19.6. The number of carbonyl (C=O) groups is 3. The number of ketones is 1. The molecule has 1 N–H and O–H groups in total. The van der Waals surface area contributed by atoms with Gasteiger partial charge in [0.25, 0.3) is 0 Å². The van der Waals surface area contributed by atoms with E-state index in [-0.39, 0.29) is 31.5 Å². The molecule has 2 aromatic rings. The first-order valence-electron chi connectivity index (χ1n) is 11.1. The molecule has 0 amide bonds. The number of ether oxygens (including phenoxy) is 2. The second kappa shape index (κ2) is 10.9. The number of alkyl halides is 3. The first-order chi connectivity index (χ1) is 17.3. The van der Waals surface area contributed by atoms with Crippen LogP contribution in [-0.2, 0) is 49.5 Å². The van der Waals surface area contributed by atoms with Gasteiger partial charge in [-0.05, 0) is 25.5 Å². The van der Waals surface area contributed by atoms with Crippen LogP contribution in [0.5, 0.6) is 0 Å². The second-order valence-corrected chi connectivity index (χ2v) is 8.19. The molecule has 2 heterocycles. The van der Waals surface area contributed by atoms with Crippen LogP contribution in [0.4, 0.5) is 26.3 Å². The highest BCUT2D eigenvalue weighted by Gasteiger charge is 2.52. The molecule has 37 heavy (non-hydrogen) atoms. The van der Waals surface area contributed by atoms with Crippen LogP contribution in [0.1, 0.15) is 37.5 Å². The predicted octanol–water partition coefficient (Wildman–Crippen LogP) is 2.50. The zero-order valence-corrected chi connectivity index (χ0v) is 19.6. The normalized spacial score (nSPS) is 15.7. The number of esters is 2. The Labute approximate surface area is 206 Å². The highest BCUT2D eigenvalue weighted by atomic mass is 19.4. The monoisotopic (exact) mass is 536 g/mol. The van der Waals surface area contributed by atoms with Gasteiger partial charge in [-0.3, -0.25) is 24.3 Å². The number of carbonyl (C=O) groups excluding carboxylic acids is 3. The van der Waals surface area contributed by atoms with Crippen molar-refractivity contribution in [1.29, 1.82) is 0 Å². The molecule has 1 unspecified atom stereocenters. The second-order valence-electron chi connectivity index (χ2n) is 8.19. The van der Waals surface area contributed by atoms with Crippen LogP contribution in [0.3, 0.4) is 0 Å². The van der Waals surface area contributed by atoms with Crippen LogP contribution in [0, 0.1) is 22.9 Å². The topological polar surface area (TPSA) is 112 Å². The molecule has 202 valence electrons. The molecular formula is C22H22F6N4O5. The van der Waals surface area contributed by atoms with E-state index in [9.17, 15) is 40.7 Å². The molecule has 1 aromatic heterocycles. The van der Waals surface area contributed by atoms with Crippen molar-refractivity contribution >= 4 is 17.7 Å². The Hall–Kier alpha value is -3.49. The van der Waals surface area contributed by atoms with Gasteiger partial charge < -0.3 is 9.47 Å². The minimum absolute atomic E-state index is 0.172. The molecule has 0 radical (unpaired) electrons. The molecule has 0 spiro atoms. The van der Waals surface area contributed by atoms with Crippen molar-refractivity contribution in [2.45, 2.75) is 52.0 Å². The third-order valence-corrected chi connectivity index (χ3v) is 5.74. The van der Waals surface area contributed by atoms with Crippen LogP contribution < -0.4 is 5.32 Å². The van der Waals surface area contributed by atoms with E-state index in [1.165, 1.54) is 13.8 Å². The minimum Gasteiger partial charge on any atom is -0.465 e. The van der Waals surface area contributed by atoms with Crippen molar-refractivity contribution in [3.05, 3.63) is 46.8 Å². The predicted molar refractivity (Wildman–Crippen MR) is 111 cm³/mol. The van der Waals surface area contributed by atoms with Gasteiger partial charge in [0.1, 0.15) is 11.6 Å². The Bertz CT molecular complexity index is 1180. The van der Waals surface area contributed by atoms with Crippen molar-refractivity contribution in [2.24, 2.45) is 5.41 Å². The van der Waals surface area contributed by atoms with Crippen LogP contribution >= 0.6 is 0 Å². The van der Waals surface area contributed by atoms with E-state index in [0.29, 0.717) is 6.07 Å². The van der Waals surface area contributed by atoms with Gasteiger partial charge in [0.2, 0.25) is 5.82 Å². The number of hydrogen-bond donors (Lipinski definition) is 1. The zero-order chi connectivity index (χ0) is 27.5. The van der Waals surface area contributed by atoms with Gasteiger partial charge in [-0.2, -0.15) is 13.2 Å². The summed E-state index contributed by atoms with van der Waals surface area (Å²) in [6, 6.07) is -0.542. The fourth-order valence-corrected chi connectivity index (χ4v) is 3.96. The highest BCUT2D eigenvalue weighted by molar-refractivity contribution is 6.05. The maximum Gasteiger partial charge on any atom is 0.451 e. The van der Waals surface area contributed by atoms with Crippen molar-refractivity contribution in [3.63, 3.8) is 0 Å². The van der Waals surface area contributed by atoms with Crippen molar-refractivity contribution < 1.29 is 50.2 Å². The van der Waals surface area contributed by atoms with Gasteiger partial charge in [0.05, 0.1) is 25.9 Å². The van der Waals surface area contributed by atoms with E-state index < -0.39 is 83.7 Å². The summed E-state index contributed by atoms with van der Waals surface area (Å²) in [6.07, 6.45) is -7.02. The number of halogens is 6. The Kier molecular flexibility index (Phi) is 8.25. The molecule has 1 atom stereocenters. The molecule has 0 aliphatic carbocycles. The molecule has 1 aliphatic rings. The summed E-state index contributed by atoms with van der Waals surface area (Å²) in [5.74, 6) is -9.09. The van der Waals surface area contributed by atoms with Gasteiger partial charge in [0.15, 0.2) is 22.8 Å². The molecular weight excluding hydrogens is 514 g/mol. The molecule has 15 heteroatoms. The number of aromatic nitrogens is 3. The van der Waals surface area contributed by atoms with Crippen LogP contribution in [0.15, 0.2) is 12.1 Å². The maximum atomic E-state index is 14.5. The largest absolute Gasteiger partial charge is 0.465 e. The van der Waals surface area contributed by atoms with Gasteiger partial charge in [-0.25, -0.2) is 13.2 Å². The summed E-state index contributed by atoms with van der Waals surface area (Å²) in [7, 11) is 0. The molecule has 1 aromatic carbocycles. The lowest BCUT2D eigenvalue weighted by Crippen LogP contribution is -2.51. The summed E-state index contributed by atoms with van der Waals surface area (Å²) >= 11 is 0. The highest BCUT2D eigenvalue weighted by Crippen LogP contribution is 2.35. The van der Waals surface area contributed by atoms with Gasteiger partial charge in [-0.15, -0.1) is 10.2 Å². The quantitative estimate of drug-likeness (QED) is 0.225. The maximum absolute atomic E-state index is 14.5. The van der Waals surface area contributed by atoms with E-state index in [4.69, 9.17) is 9.47 Å². The fourth-order valence-electron chi connectivity index (χ4n) is 3.96. The van der Waals surface area contributed by atoms with Crippen LogP contribution in [0.25, 0.3) is 0 Å². The fraction of sp³-hybridized carbons (Fsp3) is 0.500. The third-order valence-electron chi connectivity index (χ3n) is 5.74. The number of rotatable bonds is 9. The first kappa shape index (κ1) is 28.1. The molecule has 0 saturated heterocycles. The van der Waals surface area contributed by atoms with Crippen molar-refractivity contribution in [2.75, 3.05) is 13.2 Å². The number of nitrogens with one attached hydrogen (secondary N) is 1. The molecule has 9 nitrogen and oxygen atoms in total. The Morgan fingerprint density at radius 3 is 2.16 bits per heavy atom. The number of nitrogens with zero attached hydrogens (tertiary/aromatic N) is 3. The number of Topliss-reactive ketones (excluding diaryl/α,β-unsaturated/α-hetero) is 1. The van der Waals surface area contributed by atoms with E-state index in [1.807, 2.05) is 0 Å². The lowest BCUT2D eigenvalue weighted by Gasteiger charge is -2.31. The molecule has 0 saturated carbocycles. The molecule has 0 bridgehead atoms. The lowest BCUT2D eigenvalue weighted by atomic mass is 9.75. The summed E-state index contributed by atoms with van der Waals surface area (Å²) in [4.78, 5) is 39.3. The van der Waals surface area contributed by atoms with E-state index in [2.05, 4.69) is 15.5 Å². The summed E-state index contributed by atoms with van der Waals surface area (Å²) in [5.41, 5.74) is -3.10. The van der Waals surface area contributed by atoms with Crippen molar-refractivity contribution in [1.82, 2.24) is 20.1 Å². The third kappa shape index (κ3) is 5.76. The van der Waals surface area contributed by atoms with Gasteiger partial charge in [0, 0.05) is 25.3 Å². The average Bonchev–Trinajstić information content (AvgIpc) is 3.26. The Morgan fingerprint density at radius 2 is 1.59 bits per heavy atom. The SMILES string of the molecule is CCOC(=O)C(CC(=O)C1Cc2nnc(C(F)(F)F)n2CN1)(Cc1cc(F)c(F)cc1F)C(=O)OCC. The van der Waals surface area contributed by atoms with E-state index in [1.54, 1.807) is 0 Å². The summed E-state index contributed by atoms with van der Waals surface area (Å²) in [6.45, 7) is 1.80. The standard InChI is InChI=1S/C22H22F6N4O5/c1-3-36-19(34)21(20(35)37-4-2,8-11-5-13(24)14(25)6-12(11)23)9-16(33)15-7-17-30-31-18(22(26,27)28)32(17)10-29-15/h5-6,15,29H,3-4,7-10H2,1-2H3. The summed E-state index contributed by atoms with van der Waals surface area (Å²) in [5, 5.41) is 9.15. The number of benzene rings is 1. The Balaban J connectivity index is 1.98. The smallest absolute Gasteiger partial charge is 0.451 e. The Morgan fingerprint density at radius 1 is 1.00 bits per heavy atom. The first-order valence-corrected chi connectivity index (χ1v) is 11.1. The van der Waals surface area contributed by atoms with E-state index >= 15 is 0 Å². The molecule has 3 rings (SSSR count). The lowest BCUT2D eigenvalue weighted by molar-refractivity contribution is -0.174. The van der Waals surface area contributed by atoms with Gasteiger partial charge >= 0.3 is 18.1 Å².